The minimum Gasteiger partial charge on any atom is -0.497 e. The van der Waals surface area contributed by atoms with Gasteiger partial charge in [0.1, 0.15) is 5.75 Å². The second-order valence-corrected chi connectivity index (χ2v) is 7.13. The summed E-state index contributed by atoms with van der Waals surface area (Å²) in [7, 11) is 1.68. The van der Waals surface area contributed by atoms with Gasteiger partial charge < -0.3 is 14.4 Å². The van der Waals surface area contributed by atoms with E-state index in [1.54, 1.807) is 18.9 Å². The lowest BCUT2D eigenvalue weighted by Crippen LogP contribution is -2.37. The van der Waals surface area contributed by atoms with Gasteiger partial charge in [-0.1, -0.05) is 42.1 Å². The number of methoxy groups -OCH3 is 1. The first-order valence-electron chi connectivity index (χ1n) is 8.94. The van der Waals surface area contributed by atoms with E-state index in [0.29, 0.717) is 0 Å². The highest BCUT2D eigenvalue weighted by atomic mass is 32.2. The first kappa shape index (κ1) is 17.9. The van der Waals surface area contributed by atoms with Crippen LogP contribution in [-0.4, -0.2) is 48.2 Å². The maximum Gasteiger partial charge on any atom is 0.232 e. The quantitative estimate of drug-likeness (QED) is 0.609. The van der Waals surface area contributed by atoms with Crippen LogP contribution in [0.3, 0.4) is 0 Å². The maximum atomic E-state index is 5.48. The number of hydrogen-bond acceptors (Lipinski definition) is 6. The number of nitrogens with zero attached hydrogens (tertiary/aromatic N) is 4. The molecule has 0 spiro atoms. The van der Waals surface area contributed by atoms with Gasteiger partial charge in [0.25, 0.3) is 0 Å². The standard InChI is InChI=1S/C20H22N4O2S/c1-25-18-9-7-16(8-10-18)15-27-20-22-21-19(23-11-13-26-14-12-23)24(20)17-5-3-2-4-6-17/h2-10H,11-15H2,1H3. The first-order valence-corrected chi connectivity index (χ1v) is 9.93. The van der Waals surface area contributed by atoms with Gasteiger partial charge >= 0.3 is 0 Å². The molecule has 2 heterocycles. The molecule has 0 unspecified atom stereocenters. The largest absolute Gasteiger partial charge is 0.497 e. The van der Waals surface area contributed by atoms with Crippen LogP contribution in [0.1, 0.15) is 5.56 Å². The van der Waals surface area contributed by atoms with Crippen molar-refractivity contribution in [1.29, 1.82) is 0 Å². The average Bonchev–Trinajstić information content (AvgIpc) is 3.18. The molecule has 6 nitrogen and oxygen atoms in total. The van der Waals surface area contributed by atoms with E-state index < -0.39 is 0 Å². The van der Waals surface area contributed by atoms with E-state index in [4.69, 9.17) is 9.47 Å². The molecular formula is C20H22N4O2S. The third kappa shape index (κ3) is 4.09. The Morgan fingerprint density at radius 1 is 1.00 bits per heavy atom. The van der Waals surface area contributed by atoms with Crippen molar-refractivity contribution in [2.24, 2.45) is 0 Å². The van der Waals surface area contributed by atoms with Gasteiger partial charge in [-0.2, -0.15) is 0 Å². The summed E-state index contributed by atoms with van der Waals surface area (Å²) in [6.45, 7) is 3.09. The zero-order chi connectivity index (χ0) is 18.5. The van der Waals surface area contributed by atoms with Gasteiger partial charge in [-0.3, -0.25) is 4.57 Å². The molecule has 0 bridgehead atoms. The van der Waals surface area contributed by atoms with E-state index >= 15 is 0 Å². The number of morpholine rings is 1. The van der Waals surface area contributed by atoms with E-state index in [-0.39, 0.29) is 0 Å². The molecule has 1 aliphatic heterocycles. The summed E-state index contributed by atoms with van der Waals surface area (Å²) in [5.74, 6) is 2.56. The lowest BCUT2D eigenvalue weighted by Gasteiger charge is -2.27. The smallest absolute Gasteiger partial charge is 0.232 e. The van der Waals surface area contributed by atoms with E-state index in [2.05, 4.69) is 43.9 Å². The highest BCUT2D eigenvalue weighted by Gasteiger charge is 2.21. The molecule has 2 aromatic carbocycles. The van der Waals surface area contributed by atoms with Crippen LogP contribution >= 0.6 is 11.8 Å². The van der Waals surface area contributed by atoms with Crippen molar-refractivity contribution in [3.05, 3.63) is 60.2 Å². The zero-order valence-corrected chi connectivity index (χ0v) is 16.1. The van der Waals surface area contributed by atoms with Gasteiger partial charge in [0.15, 0.2) is 5.16 Å². The van der Waals surface area contributed by atoms with Crippen molar-refractivity contribution in [2.45, 2.75) is 10.9 Å². The monoisotopic (exact) mass is 382 g/mol. The Balaban J connectivity index is 1.60. The minimum absolute atomic E-state index is 0.718. The summed E-state index contributed by atoms with van der Waals surface area (Å²) in [5, 5.41) is 9.87. The van der Waals surface area contributed by atoms with E-state index in [1.165, 1.54) is 5.56 Å². The minimum atomic E-state index is 0.718. The molecule has 1 aliphatic rings. The molecule has 3 aromatic rings. The lowest BCUT2D eigenvalue weighted by molar-refractivity contribution is 0.122. The van der Waals surface area contributed by atoms with E-state index in [0.717, 1.165) is 54.6 Å². The third-order valence-corrected chi connectivity index (χ3v) is 5.45. The SMILES string of the molecule is COc1ccc(CSc2nnc(N3CCOCC3)n2-c2ccccc2)cc1. The molecule has 1 fully saturated rings. The number of ether oxygens (including phenoxy) is 2. The van der Waals surface area contributed by atoms with Gasteiger partial charge in [-0.25, -0.2) is 0 Å². The lowest BCUT2D eigenvalue weighted by atomic mass is 10.2. The Hall–Kier alpha value is -2.51. The van der Waals surface area contributed by atoms with E-state index in [1.807, 2.05) is 30.3 Å². The number of rotatable bonds is 6. The van der Waals surface area contributed by atoms with Crippen molar-refractivity contribution in [3.8, 4) is 11.4 Å². The number of aromatic nitrogens is 3. The normalized spacial score (nSPS) is 14.3. The molecule has 0 saturated carbocycles. The number of para-hydroxylation sites is 1. The average molecular weight is 382 g/mol. The predicted molar refractivity (Wildman–Crippen MR) is 107 cm³/mol. The van der Waals surface area contributed by atoms with Crippen LogP contribution in [0.2, 0.25) is 0 Å². The topological polar surface area (TPSA) is 52.4 Å². The highest BCUT2D eigenvalue weighted by molar-refractivity contribution is 7.98. The molecule has 1 saturated heterocycles. The predicted octanol–water partition coefficient (Wildman–Crippen LogP) is 3.40. The van der Waals surface area contributed by atoms with Gasteiger partial charge in [0.05, 0.1) is 26.0 Å². The summed E-state index contributed by atoms with van der Waals surface area (Å²) in [6.07, 6.45) is 0. The molecule has 0 amide bonds. The van der Waals surface area contributed by atoms with Gasteiger partial charge in [-0.05, 0) is 29.8 Å². The summed E-state index contributed by atoms with van der Waals surface area (Å²) < 4.78 is 12.9. The molecule has 0 aliphatic carbocycles. The fourth-order valence-electron chi connectivity index (χ4n) is 3.00. The van der Waals surface area contributed by atoms with Gasteiger partial charge in [0, 0.05) is 18.8 Å². The molecule has 4 rings (SSSR count). The fraction of sp³-hybridized carbons (Fsp3) is 0.300. The van der Waals surface area contributed by atoms with Crippen molar-refractivity contribution < 1.29 is 9.47 Å². The molecule has 0 radical (unpaired) electrons. The van der Waals surface area contributed by atoms with Crippen LogP contribution in [0.15, 0.2) is 59.8 Å². The summed E-state index contributed by atoms with van der Waals surface area (Å²) in [6, 6.07) is 18.4. The Morgan fingerprint density at radius 2 is 1.74 bits per heavy atom. The van der Waals surface area contributed by atoms with Crippen LogP contribution in [0.4, 0.5) is 5.95 Å². The van der Waals surface area contributed by atoms with Crippen LogP contribution < -0.4 is 9.64 Å². The Kier molecular flexibility index (Phi) is 5.60. The van der Waals surface area contributed by atoms with Crippen molar-refractivity contribution >= 4 is 17.7 Å². The Labute approximate surface area is 163 Å². The van der Waals surface area contributed by atoms with Gasteiger partial charge in [-0.15, -0.1) is 10.2 Å². The number of thioether (sulfide) groups is 1. The number of benzene rings is 2. The van der Waals surface area contributed by atoms with Crippen molar-refractivity contribution in [2.75, 3.05) is 38.3 Å². The molecule has 140 valence electrons. The van der Waals surface area contributed by atoms with Crippen LogP contribution in [0.25, 0.3) is 5.69 Å². The molecule has 0 N–H and O–H groups in total. The fourth-order valence-corrected chi connectivity index (χ4v) is 3.90. The second kappa shape index (κ2) is 8.45. The maximum absolute atomic E-state index is 5.48. The van der Waals surface area contributed by atoms with Crippen LogP contribution in [-0.2, 0) is 10.5 Å². The van der Waals surface area contributed by atoms with E-state index in [9.17, 15) is 0 Å². The molecule has 1 aromatic heterocycles. The molecule has 0 atom stereocenters. The summed E-state index contributed by atoms with van der Waals surface area (Å²) in [5.41, 5.74) is 2.29. The van der Waals surface area contributed by atoms with Crippen LogP contribution in [0.5, 0.6) is 5.75 Å². The second-order valence-electron chi connectivity index (χ2n) is 6.19. The van der Waals surface area contributed by atoms with Crippen molar-refractivity contribution in [3.63, 3.8) is 0 Å². The third-order valence-electron chi connectivity index (χ3n) is 4.45. The molecule has 7 heteroatoms. The summed E-state index contributed by atoms with van der Waals surface area (Å²) >= 11 is 1.68. The highest BCUT2D eigenvalue weighted by Crippen LogP contribution is 2.29. The number of anilines is 1. The Bertz CT molecular complexity index is 861. The Morgan fingerprint density at radius 3 is 2.44 bits per heavy atom. The summed E-state index contributed by atoms with van der Waals surface area (Å²) in [4.78, 5) is 2.24. The first-order chi connectivity index (χ1) is 13.3. The molecule has 27 heavy (non-hydrogen) atoms. The van der Waals surface area contributed by atoms with Gasteiger partial charge in [0.2, 0.25) is 5.95 Å². The zero-order valence-electron chi connectivity index (χ0n) is 15.2. The number of hydrogen-bond donors (Lipinski definition) is 0. The van der Waals surface area contributed by atoms with Crippen molar-refractivity contribution in [1.82, 2.24) is 14.8 Å². The van der Waals surface area contributed by atoms with Crippen LogP contribution in [0, 0.1) is 0 Å². The molecular weight excluding hydrogens is 360 g/mol.